The second-order valence-corrected chi connectivity index (χ2v) is 6.41. The van der Waals surface area contributed by atoms with E-state index in [0.717, 1.165) is 0 Å². The maximum absolute atomic E-state index is 12.2. The third kappa shape index (κ3) is 3.93. The molecule has 0 unspecified atom stereocenters. The number of benzene rings is 1. The number of nitrogens with one attached hydrogen (secondary N) is 1. The molecule has 0 radical (unpaired) electrons. The van der Waals surface area contributed by atoms with E-state index in [1.54, 1.807) is 25.3 Å². The van der Waals surface area contributed by atoms with Crippen molar-refractivity contribution >= 4 is 15.9 Å². The number of primary amides is 1. The van der Waals surface area contributed by atoms with E-state index >= 15 is 0 Å². The van der Waals surface area contributed by atoms with Crippen molar-refractivity contribution in [3.63, 3.8) is 0 Å². The molecule has 0 saturated heterocycles. The Kier molecular flexibility index (Phi) is 4.44. The molecule has 7 heteroatoms. The van der Waals surface area contributed by atoms with E-state index in [0.29, 0.717) is 12.2 Å². The first-order chi connectivity index (χ1) is 9.88. The lowest BCUT2D eigenvalue weighted by Gasteiger charge is -2.13. The number of carbonyl (C=O) groups excluding carboxylic acids is 1. The van der Waals surface area contributed by atoms with E-state index in [4.69, 9.17) is 10.2 Å². The molecule has 1 heterocycles. The number of hydrogen-bond acceptors (Lipinski definition) is 4. The SMILES string of the molecule is C[C@H](Cc1ccco1)NS(=O)(=O)c1ccc(C(N)=O)cc1. The number of furan rings is 1. The zero-order valence-electron chi connectivity index (χ0n) is 11.4. The van der Waals surface area contributed by atoms with Crippen molar-refractivity contribution in [1.82, 2.24) is 4.72 Å². The highest BCUT2D eigenvalue weighted by Crippen LogP contribution is 2.12. The molecule has 0 spiro atoms. The second-order valence-electron chi connectivity index (χ2n) is 4.69. The van der Waals surface area contributed by atoms with Gasteiger partial charge in [-0.2, -0.15) is 0 Å². The summed E-state index contributed by atoms with van der Waals surface area (Å²) in [5.74, 6) is 0.104. The Morgan fingerprint density at radius 1 is 1.29 bits per heavy atom. The molecule has 2 rings (SSSR count). The van der Waals surface area contributed by atoms with Crippen molar-refractivity contribution in [3.05, 3.63) is 54.0 Å². The van der Waals surface area contributed by atoms with Crippen LogP contribution in [0.2, 0.25) is 0 Å². The molecular formula is C14H16N2O4S. The predicted molar refractivity (Wildman–Crippen MR) is 77.2 cm³/mol. The van der Waals surface area contributed by atoms with Crippen molar-refractivity contribution in [2.75, 3.05) is 0 Å². The lowest BCUT2D eigenvalue weighted by Crippen LogP contribution is -2.34. The zero-order chi connectivity index (χ0) is 15.5. The van der Waals surface area contributed by atoms with Gasteiger partial charge in [0.15, 0.2) is 0 Å². The molecule has 0 aliphatic rings. The monoisotopic (exact) mass is 308 g/mol. The Hall–Kier alpha value is -2.12. The number of hydrogen-bond donors (Lipinski definition) is 2. The van der Waals surface area contributed by atoms with E-state index < -0.39 is 15.9 Å². The normalized spacial score (nSPS) is 13.0. The van der Waals surface area contributed by atoms with Crippen LogP contribution < -0.4 is 10.5 Å². The summed E-state index contributed by atoms with van der Waals surface area (Å²) < 4.78 is 32.1. The highest BCUT2D eigenvalue weighted by atomic mass is 32.2. The largest absolute Gasteiger partial charge is 0.469 e. The van der Waals surface area contributed by atoms with Gasteiger partial charge in [-0.1, -0.05) is 0 Å². The summed E-state index contributed by atoms with van der Waals surface area (Å²) in [7, 11) is -3.65. The van der Waals surface area contributed by atoms with Gasteiger partial charge >= 0.3 is 0 Å². The van der Waals surface area contributed by atoms with Gasteiger partial charge in [0.05, 0.1) is 11.2 Å². The quantitative estimate of drug-likeness (QED) is 0.839. The minimum absolute atomic E-state index is 0.0822. The fourth-order valence-electron chi connectivity index (χ4n) is 1.90. The van der Waals surface area contributed by atoms with E-state index in [1.165, 1.54) is 24.3 Å². The minimum atomic E-state index is -3.65. The smallest absolute Gasteiger partial charge is 0.248 e. The molecular weight excluding hydrogens is 292 g/mol. The van der Waals surface area contributed by atoms with Gasteiger partial charge in [0.2, 0.25) is 15.9 Å². The topological polar surface area (TPSA) is 102 Å². The molecule has 0 bridgehead atoms. The van der Waals surface area contributed by atoms with E-state index in [2.05, 4.69) is 4.72 Å². The van der Waals surface area contributed by atoms with Crippen molar-refractivity contribution < 1.29 is 17.6 Å². The average Bonchev–Trinajstić information content (AvgIpc) is 2.90. The molecule has 112 valence electrons. The summed E-state index contributed by atoms with van der Waals surface area (Å²) in [4.78, 5) is 11.0. The molecule has 2 aromatic rings. The average molecular weight is 308 g/mol. The number of nitrogens with two attached hydrogens (primary N) is 1. The second kappa shape index (κ2) is 6.11. The Balaban J connectivity index is 2.08. The first-order valence-electron chi connectivity index (χ1n) is 6.33. The third-order valence-corrected chi connectivity index (χ3v) is 4.50. The first-order valence-corrected chi connectivity index (χ1v) is 7.81. The standard InChI is InChI=1S/C14H16N2O4S/c1-10(9-12-3-2-8-20-12)16-21(18,19)13-6-4-11(5-7-13)14(15)17/h2-8,10,16H,9H2,1H3,(H2,15,17)/t10-/m1/s1. The van der Waals surface area contributed by atoms with Crippen molar-refractivity contribution in [3.8, 4) is 0 Å². The summed E-state index contributed by atoms with van der Waals surface area (Å²) in [6.07, 6.45) is 1.99. The van der Waals surface area contributed by atoms with Gasteiger partial charge in [-0.05, 0) is 43.3 Å². The van der Waals surface area contributed by atoms with Gasteiger partial charge in [0.25, 0.3) is 0 Å². The summed E-state index contributed by atoms with van der Waals surface area (Å²) >= 11 is 0. The predicted octanol–water partition coefficient (Wildman–Crippen LogP) is 1.29. The summed E-state index contributed by atoms with van der Waals surface area (Å²) in [6, 6.07) is 8.68. The molecule has 0 saturated carbocycles. The zero-order valence-corrected chi connectivity index (χ0v) is 12.3. The van der Waals surface area contributed by atoms with Crippen molar-refractivity contribution in [1.29, 1.82) is 0 Å². The summed E-state index contributed by atoms with van der Waals surface area (Å²) in [5.41, 5.74) is 5.38. The van der Waals surface area contributed by atoms with Crippen LogP contribution in [0.1, 0.15) is 23.0 Å². The van der Waals surface area contributed by atoms with Crippen molar-refractivity contribution in [2.24, 2.45) is 5.73 Å². The van der Waals surface area contributed by atoms with Crippen molar-refractivity contribution in [2.45, 2.75) is 24.3 Å². The Labute approximate surface area is 123 Å². The van der Waals surface area contributed by atoms with E-state index in [1.807, 2.05) is 0 Å². The number of carbonyl (C=O) groups is 1. The van der Waals surface area contributed by atoms with Gasteiger partial charge in [0.1, 0.15) is 5.76 Å². The van der Waals surface area contributed by atoms with Crippen LogP contribution in [-0.2, 0) is 16.4 Å². The number of amides is 1. The highest BCUT2D eigenvalue weighted by Gasteiger charge is 2.18. The van der Waals surface area contributed by atoms with Gasteiger partial charge in [-0.25, -0.2) is 13.1 Å². The van der Waals surface area contributed by atoms with Gasteiger partial charge in [-0.3, -0.25) is 4.79 Å². The molecule has 0 aliphatic carbocycles. The third-order valence-electron chi connectivity index (χ3n) is 2.89. The van der Waals surface area contributed by atoms with Gasteiger partial charge in [-0.15, -0.1) is 0 Å². The molecule has 0 aliphatic heterocycles. The highest BCUT2D eigenvalue weighted by molar-refractivity contribution is 7.89. The molecule has 1 amide bonds. The molecule has 6 nitrogen and oxygen atoms in total. The van der Waals surface area contributed by atoms with Gasteiger partial charge in [0, 0.05) is 18.0 Å². The number of rotatable bonds is 6. The lowest BCUT2D eigenvalue weighted by atomic mass is 10.2. The molecule has 1 aromatic carbocycles. The molecule has 3 N–H and O–H groups in total. The summed E-state index contributed by atoms with van der Waals surface area (Å²) in [6.45, 7) is 1.75. The van der Waals surface area contributed by atoms with Crippen LogP contribution in [0.3, 0.4) is 0 Å². The minimum Gasteiger partial charge on any atom is -0.469 e. The Morgan fingerprint density at radius 3 is 2.48 bits per heavy atom. The maximum Gasteiger partial charge on any atom is 0.248 e. The van der Waals surface area contributed by atoms with Crippen LogP contribution >= 0.6 is 0 Å². The van der Waals surface area contributed by atoms with E-state index in [9.17, 15) is 13.2 Å². The van der Waals surface area contributed by atoms with Crippen LogP contribution in [0, 0.1) is 0 Å². The Morgan fingerprint density at radius 2 is 1.95 bits per heavy atom. The maximum atomic E-state index is 12.2. The molecule has 0 fully saturated rings. The molecule has 1 aromatic heterocycles. The summed E-state index contributed by atoms with van der Waals surface area (Å²) in [5, 5.41) is 0. The van der Waals surface area contributed by atoms with Gasteiger partial charge < -0.3 is 10.2 Å². The van der Waals surface area contributed by atoms with Crippen LogP contribution in [0.25, 0.3) is 0 Å². The number of sulfonamides is 1. The van der Waals surface area contributed by atoms with E-state index in [-0.39, 0.29) is 16.5 Å². The Bertz CT molecular complexity index is 706. The molecule has 21 heavy (non-hydrogen) atoms. The van der Waals surface area contributed by atoms with Crippen LogP contribution in [0.15, 0.2) is 52.0 Å². The lowest BCUT2D eigenvalue weighted by molar-refractivity contribution is 0.1000. The molecule has 1 atom stereocenters. The first kappa shape index (κ1) is 15.3. The fraction of sp³-hybridized carbons (Fsp3) is 0.214. The van der Waals surface area contributed by atoms with Crippen LogP contribution in [0.4, 0.5) is 0 Å². The van der Waals surface area contributed by atoms with Crippen LogP contribution in [-0.4, -0.2) is 20.4 Å². The fourth-order valence-corrected chi connectivity index (χ4v) is 3.15. The van der Waals surface area contributed by atoms with Crippen LogP contribution in [0.5, 0.6) is 0 Å².